The molecule has 0 saturated carbocycles. The van der Waals surface area contributed by atoms with E-state index < -0.39 is 0 Å². The zero-order chi connectivity index (χ0) is 9.80. The molecule has 0 unspecified atom stereocenters. The van der Waals surface area contributed by atoms with Gasteiger partial charge in [0.25, 0.3) is 0 Å². The van der Waals surface area contributed by atoms with Gasteiger partial charge in [0.1, 0.15) is 0 Å². The molecular weight excluding hydrogens is 170 g/mol. The molecule has 0 amide bonds. The minimum atomic E-state index is 0.825. The van der Waals surface area contributed by atoms with Crippen molar-refractivity contribution in [1.82, 2.24) is 5.32 Å². The number of hydrogen-bond donors (Lipinski definition) is 1. The normalized spacial score (nSPS) is 27.5. The zero-order valence-electron chi connectivity index (χ0n) is 8.87. The largest absolute Gasteiger partial charge is 0.316 e. The average Bonchev–Trinajstić information content (AvgIpc) is 2.23. The van der Waals surface area contributed by atoms with Gasteiger partial charge in [-0.1, -0.05) is 37.3 Å². The maximum absolute atomic E-state index is 3.49. The number of hydrogen-bond acceptors (Lipinski definition) is 1. The third-order valence-corrected chi connectivity index (χ3v) is 3.33. The Balaban J connectivity index is 1.96. The standard InChI is InChI=1S/C13H19N/c1-11-7-8-14-10-13(11)9-12-5-3-2-4-6-12/h2-6,11,13-14H,7-10H2,1H3/t11-,13+/m1/s1. The summed E-state index contributed by atoms with van der Waals surface area (Å²) in [5.41, 5.74) is 1.48. The lowest BCUT2D eigenvalue weighted by atomic mass is 9.84. The summed E-state index contributed by atoms with van der Waals surface area (Å²) in [7, 11) is 0. The predicted octanol–water partition coefficient (Wildman–Crippen LogP) is 2.47. The van der Waals surface area contributed by atoms with E-state index in [-0.39, 0.29) is 0 Å². The quantitative estimate of drug-likeness (QED) is 0.753. The summed E-state index contributed by atoms with van der Waals surface area (Å²) in [6.07, 6.45) is 2.56. The van der Waals surface area contributed by atoms with Crippen molar-refractivity contribution in [2.45, 2.75) is 19.8 Å². The molecular formula is C13H19N. The Labute approximate surface area is 86.5 Å². The maximum atomic E-state index is 3.49. The Morgan fingerprint density at radius 1 is 1.29 bits per heavy atom. The topological polar surface area (TPSA) is 12.0 Å². The van der Waals surface area contributed by atoms with Crippen LogP contribution in [0.3, 0.4) is 0 Å². The second-order valence-corrected chi connectivity index (χ2v) is 4.42. The van der Waals surface area contributed by atoms with E-state index in [9.17, 15) is 0 Å². The maximum Gasteiger partial charge on any atom is -0.00148 e. The molecule has 0 aliphatic carbocycles. The van der Waals surface area contributed by atoms with Gasteiger partial charge in [-0.15, -0.1) is 0 Å². The molecule has 1 aliphatic rings. The first-order valence-electron chi connectivity index (χ1n) is 5.61. The van der Waals surface area contributed by atoms with Crippen LogP contribution in [0.1, 0.15) is 18.9 Å². The lowest BCUT2D eigenvalue weighted by Crippen LogP contribution is -2.36. The first-order chi connectivity index (χ1) is 6.86. The van der Waals surface area contributed by atoms with Gasteiger partial charge in [0.15, 0.2) is 0 Å². The fourth-order valence-electron chi connectivity index (χ4n) is 2.24. The zero-order valence-corrected chi connectivity index (χ0v) is 8.87. The summed E-state index contributed by atoms with van der Waals surface area (Å²) >= 11 is 0. The van der Waals surface area contributed by atoms with E-state index in [4.69, 9.17) is 0 Å². The van der Waals surface area contributed by atoms with Gasteiger partial charge in [0, 0.05) is 0 Å². The van der Waals surface area contributed by atoms with Crippen LogP contribution in [0.5, 0.6) is 0 Å². The van der Waals surface area contributed by atoms with Crippen molar-refractivity contribution in [3.05, 3.63) is 35.9 Å². The van der Waals surface area contributed by atoms with E-state index in [0.717, 1.165) is 11.8 Å². The minimum Gasteiger partial charge on any atom is -0.316 e. The van der Waals surface area contributed by atoms with Crippen LogP contribution in [0.2, 0.25) is 0 Å². The first-order valence-corrected chi connectivity index (χ1v) is 5.61. The smallest absolute Gasteiger partial charge is 0.00148 e. The average molecular weight is 189 g/mol. The summed E-state index contributed by atoms with van der Waals surface area (Å²) in [5, 5.41) is 3.49. The van der Waals surface area contributed by atoms with Crippen molar-refractivity contribution in [2.24, 2.45) is 11.8 Å². The van der Waals surface area contributed by atoms with Crippen molar-refractivity contribution in [3.63, 3.8) is 0 Å². The fourth-order valence-corrected chi connectivity index (χ4v) is 2.24. The lowest BCUT2D eigenvalue weighted by Gasteiger charge is -2.29. The van der Waals surface area contributed by atoms with Crippen LogP contribution >= 0.6 is 0 Å². The van der Waals surface area contributed by atoms with Crippen LogP contribution < -0.4 is 5.32 Å². The summed E-state index contributed by atoms with van der Waals surface area (Å²) < 4.78 is 0. The number of piperidine rings is 1. The Kier molecular flexibility index (Phi) is 3.20. The molecule has 0 aromatic heterocycles. The van der Waals surface area contributed by atoms with E-state index in [1.54, 1.807) is 0 Å². The van der Waals surface area contributed by atoms with Gasteiger partial charge in [-0.3, -0.25) is 0 Å². The molecule has 1 fully saturated rings. The van der Waals surface area contributed by atoms with Crippen molar-refractivity contribution in [2.75, 3.05) is 13.1 Å². The highest BCUT2D eigenvalue weighted by atomic mass is 14.9. The van der Waals surface area contributed by atoms with Gasteiger partial charge in [-0.2, -0.15) is 0 Å². The lowest BCUT2D eigenvalue weighted by molar-refractivity contribution is 0.273. The third-order valence-electron chi connectivity index (χ3n) is 3.33. The molecule has 14 heavy (non-hydrogen) atoms. The number of nitrogens with one attached hydrogen (secondary N) is 1. The van der Waals surface area contributed by atoms with E-state index in [1.165, 1.54) is 31.5 Å². The molecule has 1 aliphatic heterocycles. The van der Waals surface area contributed by atoms with Crippen LogP contribution in [0.25, 0.3) is 0 Å². The van der Waals surface area contributed by atoms with E-state index in [2.05, 4.69) is 42.6 Å². The van der Waals surface area contributed by atoms with Gasteiger partial charge in [0.05, 0.1) is 0 Å². The monoisotopic (exact) mass is 189 g/mol. The second kappa shape index (κ2) is 4.61. The molecule has 1 saturated heterocycles. The van der Waals surface area contributed by atoms with Gasteiger partial charge in [-0.25, -0.2) is 0 Å². The van der Waals surface area contributed by atoms with Crippen molar-refractivity contribution < 1.29 is 0 Å². The molecule has 2 rings (SSSR count). The van der Waals surface area contributed by atoms with E-state index in [0.29, 0.717) is 0 Å². The SMILES string of the molecule is C[C@@H]1CCNC[C@@H]1Cc1ccccc1. The third kappa shape index (κ3) is 2.36. The van der Waals surface area contributed by atoms with Gasteiger partial charge in [-0.05, 0) is 43.3 Å². The molecule has 0 radical (unpaired) electrons. The highest BCUT2D eigenvalue weighted by Crippen LogP contribution is 2.22. The molecule has 1 nitrogen and oxygen atoms in total. The second-order valence-electron chi connectivity index (χ2n) is 4.42. The molecule has 1 heteroatoms. The Morgan fingerprint density at radius 2 is 2.07 bits per heavy atom. The van der Waals surface area contributed by atoms with Gasteiger partial charge >= 0.3 is 0 Å². The summed E-state index contributed by atoms with van der Waals surface area (Å²) in [6.45, 7) is 4.77. The van der Waals surface area contributed by atoms with Crippen molar-refractivity contribution in [3.8, 4) is 0 Å². The Bertz CT molecular complexity index is 268. The van der Waals surface area contributed by atoms with Crippen molar-refractivity contribution >= 4 is 0 Å². The van der Waals surface area contributed by atoms with Crippen LogP contribution in [-0.4, -0.2) is 13.1 Å². The number of rotatable bonds is 2. The molecule has 1 aromatic rings. The minimum absolute atomic E-state index is 0.825. The van der Waals surface area contributed by atoms with Crippen LogP contribution in [0.4, 0.5) is 0 Å². The molecule has 1 aromatic carbocycles. The van der Waals surface area contributed by atoms with Gasteiger partial charge < -0.3 is 5.32 Å². The summed E-state index contributed by atoms with van der Waals surface area (Å²) in [5.74, 6) is 1.70. The first kappa shape index (κ1) is 9.72. The number of benzene rings is 1. The highest BCUT2D eigenvalue weighted by Gasteiger charge is 2.20. The molecule has 2 atom stereocenters. The van der Waals surface area contributed by atoms with Crippen LogP contribution in [-0.2, 0) is 6.42 Å². The van der Waals surface area contributed by atoms with Gasteiger partial charge in [0.2, 0.25) is 0 Å². The highest BCUT2D eigenvalue weighted by molar-refractivity contribution is 5.15. The van der Waals surface area contributed by atoms with Crippen LogP contribution in [0, 0.1) is 11.8 Å². The predicted molar refractivity (Wildman–Crippen MR) is 60.3 cm³/mol. The Hall–Kier alpha value is -0.820. The van der Waals surface area contributed by atoms with Crippen LogP contribution in [0.15, 0.2) is 30.3 Å². The van der Waals surface area contributed by atoms with E-state index in [1.807, 2.05) is 0 Å². The van der Waals surface area contributed by atoms with Crippen molar-refractivity contribution in [1.29, 1.82) is 0 Å². The molecule has 1 heterocycles. The fraction of sp³-hybridized carbons (Fsp3) is 0.538. The molecule has 0 bridgehead atoms. The molecule has 76 valence electrons. The summed E-state index contributed by atoms with van der Waals surface area (Å²) in [4.78, 5) is 0. The molecule has 0 spiro atoms. The Morgan fingerprint density at radius 3 is 2.79 bits per heavy atom. The summed E-state index contributed by atoms with van der Waals surface area (Å²) in [6, 6.07) is 10.8. The molecule has 1 N–H and O–H groups in total. The van der Waals surface area contributed by atoms with E-state index >= 15 is 0 Å².